The molecule has 1 rings (SSSR count). The molecule has 0 aliphatic heterocycles. The standard InChI is InChI=1S/C15H24N2O/c1-12(11-15(16)13(2)18)7-6-10-17-14-8-4-3-5-9-14/h3-5,8-9,12,15,17H,6-7,10-11,16H2,1-2H3. The molecule has 0 fully saturated rings. The maximum Gasteiger partial charge on any atom is 0.146 e. The molecule has 2 unspecified atom stereocenters. The molecule has 0 bridgehead atoms. The highest BCUT2D eigenvalue weighted by molar-refractivity contribution is 5.81. The molecule has 3 nitrogen and oxygen atoms in total. The van der Waals surface area contributed by atoms with Gasteiger partial charge in [-0.05, 0) is 44.2 Å². The van der Waals surface area contributed by atoms with Gasteiger partial charge in [-0.2, -0.15) is 0 Å². The molecule has 0 radical (unpaired) electrons. The first kappa shape index (κ1) is 14.7. The van der Waals surface area contributed by atoms with E-state index in [9.17, 15) is 4.79 Å². The number of benzene rings is 1. The van der Waals surface area contributed by atoms with Gasteiger partial charge in [-0.3, -0.25) is 4.79 Å². The Morgan fingerprint density at radius 2 is 2.00 bits per heavy atom. The minimum atomic E-state index is -0.290. The lowest BCUT2D eigenvalue weighted by atomic mass is 9.95. The number of carbonyl (C=O) groups excluding carboxylic acids is 1. The number of rotatable bonds is 8. The summed E-state index contributed by atoms with van der Waals surface area (Å²) in [6.45, 7) is 4.68. The minimum Gasteiger partial charge on any atom is -0.385 e. The average molecular weight is 248 g/mol. The second-order valence-corrected chi connectivity index (χ2v) is 4.99. The van der Waals surface area contributed by atoms with Crippen LogP contribution in [-0.2, 0) is 4.79 Å². The van der Waals surface area contributed by atoms with Crippen molar-refractivity contribution in [3.05, 3.63) is 30.3 Å². The van der Waals surface area contributed by atoms with Gasteiger partial charge in [-0.15, -0.1) is 0 Å². The molecule has 0 aromatic heterocycles. The largest absolute Gasteiger partial charge is 0.385 e. The Bertz CT molecular complexity index is 351. The molecule has 1 aromatic rings. The van der Waals surface area contributed by atoms with Crippen molar-refractivity contribution >= 4 is 11.5 Å². The molecule has 100 valence electrons. The molecule has 0 saturated heterocycles. The topological polar surface area (TPSA) is 55.1 Å². The predicted octanol–water partition coefficient (Wildman–Crippen LogP) is 2.82. The minimum absolute atomic E-state index is 0.0873. The fraction of sp³-hybridized carbons (Fsp3) is 0.533. The van der Waals surface area contributed by atoms with Gasteiger partial charge in [0.15, 0.2) is 0 Å². The number of hydrogen-bond donors (Lipinski definition) is 2. The second kappa shape index (κ2) is 7.88. The summed E-state index contributed by atoms with van der Waals surface area (Å²) >= 11 is 0. The Kier molecular flexibility index (Phi) is 6.44. The summed E-state index contributed by atoms with van der Waals surface area (Å²) in [5.41, 5.74) is 6.91. The smallest absolute Gasteiger partial charge is 0.146 e. The van der Waals surface area contributed by atoms with Crippen LogP contribution < -0.4 is 11.1 Å². The molecule has 0 aliphatic rings. The van der Waals surface area contributed by atoms with Gasteiger partial charge in [0, 0.05) is 12.2 Å². The highest BCUT2D eigenvalue weighted by Gasteiger charge is 2.12. The van der Waals surface area contributed by atoms with Crippen LogP contribution in [0.2, 0.25) is 0 Å². The third kappa shape index (κ3) is 5.82. The predicted molar refractivity (Wildman–Crippen MR) is 76.6 cm³/mol. The normalized spacial score (nSPS) is 13.9. The van der Waals surface area contributed by atoms with Crippen LogP contribution in [0.5, 0.6) is 0 Å². The van der Waals surface area contributed by atoms with Crippen LogP contribution in [0.25, 0.3) is 0 Å². The van der Waals surface area contributed by atoms with Crippen molar-refractivity contribution in [3.8, 4) is 0 Å². The van der Waals surface area contributed by atoms with E-state index in [2.05, 4.69) is 24.4 Å². The van der Waals surface area contributed by atoms with Crippen LogP contribution in [0.1, 0.15) is 33.1 Å². The quantitative estimate of drug-likeness (QED) is 0.696. The number of para-hydroxylation sites is 1. The summed E-state index contributed by atoms with van der Waals surface area (Å²) in [4.78, 5) is 11.1. The zero-order chi connectivity index (χ0) is 13.4. The van der Waals surface area contributed by atoms with E-state index in [-0.39, 0.29) is 11.8 Å². The van der Waals surface area contributed by atoms with Crippen molar-refractivity contribution < 1.29 is 4.79 Å². The third-order valence-corrected chi connectivity index (χ3v) is 3.16. The molecule has 0 aliphatic carbocycles. The van der Waals surface area contributed by atoms with Gasteiger partial charge in [-0.1, -0.05) is 25.1 Å². The van der Waals surface area contributed by atoms with Gasteiger partial charge >= 0.3 is 0 Å². The summed E-state index contributed by atoms with van der Waals surface area (Å²) in [6.07, 6.45) is 2.99. The number of carbonyl (C=O) groups is 1. The van der Waals surface area contributed by atoms with Crippen molar-refractivity contribution in [2.75, 3.05) is 11.9 Å². The van der Waals surface area contributed by atoms with E-state index in [0.717, 1.165) is 31.5 Å². The molecule has 0 saturated carbocycles. The van der Waals surface area contributed by atoms with E-state index in [0.29, 0.717) is 5.92 Å². The first-order chi connectivity index (χ1) is 8.59. The lowest BCUT2D eigenvalue weighted by Crippen LogP contribution is -2.30. The van der Waals surface area contributed by atoms with Crippen molar-refractivity contribution in [3.63, 3.8) is 0 Å². The Hall–Kier alpha value is -1.35. The fourth-order valence-corrected chi connectivity index (χ4v) is 1.96. The highest BCUT2D eigenvalue weighted by atomic mass is 16.1. The molecule has 0 spiro atoms. The van der Waals surface area contributed by atoms with E-state index in [1.165, 1.54) is 0 Å². The van der Waals surface area contributed by atoms with Gasteiger partial charge in [0.25, 0.3) is 0 Å². The highest BCUT2D eigenvalue weighted by Crippen LogP contribution is 2.13. The van der Waals surface area contributed by atoms with Crippen LogP contribution in [-0.4, -0.2) is 18.4 Å². The van der Waals surface area contributed by atoms with Crippen molar-refractivity contribution in [1.29, 1.82) is 0 Å². The van der Waals surface area contributed by atoms with Crippen LogP contribution >= 0.6 is 0 Å². The van der Waals surface area contributed by atoms with Crippen molar-refractivity contribution in [2.45, 2.75) is 39.2 Å². The molecule has 0 amide bonds. The number of Topliss-reactive ketones (excluding diaryl/α,β-unsaturated/α-hetero) is 1. The summed E-state index contributed by atoms with van der Waals surface area (Å²) in [6, 6.07) is 9.90. The first-order valence-electron chi connectivity index (χ1n) is 6.64. The molecule has 3 heteroatoms. The van der Waals surface area contributed by atoms with Crippen LogP contribution in [0.4, 0.5) is 5.69 Å². The van der Waals surface area contributed by atoms with Crippen LogP contribution in [0.3, 0.4) is 0 Å². The van der Waals surface area contributed by atoms with E-state index in [4.69, 9.17) is 5.73 Å². The van der Waals surface area contributed by atoms with Crippen molar-refractivity contribution in [1.82, 2.24) is 0 Å². The van der Waals surface area contributed by atoms with Gasteiger partial charge in [0.1, 0.15) is 5.78 Å². The lowest BCUT2D eigenvalue weighted by molar-refractivity contribution is -0.118. The lowest BCUT2D eigenvalue weighted by Gasteiger charge is -2.15. The zero-order valence-electron chi connectivity index (χ0n) is 11.4. The first-order valence-corrected chi connectivity index (χ1v) is 6.64. The average Bonchev–Trinajstić information content (AvgIpc) is 2.35. The summed E-state index contributed by atoms with van der Waals surface area (Å²) < 4.78 is 0. The summed E-state index contributed by atoms with van der Waals surface area (Å²) in [5.74, 6) is 0.589. The number of nitrogens with one attached hydrogen (secondary N) is 1. The summed E-state index contributed by atoms with van der Waals surface area (Å²) in [5, 5.41) is 3.38. The fourth-order valence-electron chi connectivity index (χ4n) is 1.96. The van der Waals surface area contributed by atoms with Crippen molar-refractivity contribution in [2.24, 2.45) is 11.7 Å². The van der Waals surface area contributed by atoms with E-state index >= 15 is 0 Å². The molecule has 0 heterocycles. The molecular weight excluding hydrogens is 224 g/mol. The molecule has 1 aromatic carbocycles. The SMILES string of the molecule is CC(=O)C(N)CC(C)CCCNc1ccccc1. The Labute approximate surface area is 110 Å². The van der Waals surface area contributed by atoms with E-state index in [1.54, 1.807) is 6.92 Å². The second-order valence-electron chi connectivity index (χ2n) is 4.99. The van der Waals surface area contributed by atoms with Gasteiger partial charge in [0.05, 0.1) is 6.04 Å². The van der Waals surface area contributed by atoms with Gasteiger partial charge in [-0.25, -0.2) is 0 Å². The zero-order valence-corrected chi connectivity index (χ0v) is 11.4. The number of ketones is 1. The Balaban J connectivity index is 2.12. The molecular formula is C15H24N2O. The molecule has 2 atom stereocenters. The molecule has 3 N–H and O–H groups in total. The van der Waals surface area contributed by atoms with E-state index in [1.807, 2.05) is 18.2 Å². The Morgan fingerprint density at radius 1 is 1.33 bits per heavy atom. The third-order valence-electron chi connectivity index (χ3n) is 3.16. The maximum atomic E-state index is 11.1. The van der Waals surface area contributed by atoms with Gasteiger partial charge < -0.3 is 11.1 Å². The summed E-state index contributed by atoms with van der Waals surface area (Å²) in [7, 11) is 0. The number of anilines is 1. The monoisotopic (exact) mass is 248 g/mol. The maximum absolute atomic E-state index is 11.1. The van der Waals surface area contributed by atoms with Crippen LogP contribution in [0.15, 0.2) is 30.3 Å². The Morgan fingerprint density at radius 3 is 2.61 bits per heavy atom. The molecule has 18 heavy (non-hydrogen) atoms. The van der Waals surface area contributed by atoms with Gasteiger partial charge in [0.2, 0.25) is 0 Å². The van der Waals surface area contributed by atoms with Crippen LogP contribution in [0, 0.1) is 5.92 Å². The van der Waals surface area contributed by atoms with E-state index < -0.39 is 0 Å². The number of nitrogens with two attached hydrogens (primary N) is 1. The number of hydrogen-bond acceptors (Lipinski definition) is 3.